The molecule has 1 unspecified atom stereocenters. The lowest BCUT2D eigenvalue weighted by molar-refractivity contribution is 0.198. The average molecular weight is 348 g/mol. The lowest BCUT2D eigenvalue weighted by Crippen LogP contribution is -2.06. The number of rotatable bonds is 5. The van der Waals surface area contributed by atoms with Crippen molar-refractivity contribution in [2.45, 2.75) is 18.2 Å². The third-order valence-corrected chi connectivity index (χ3v) is 4.37. The quantitative estimate of drug-likeness (QED) is 0.718. The van der Waals surface area contributed by atoms with Crippen molar-refractivity contribution in [3.63, 3.8) is 0 Å². The van der Waals surface area contributed by atoms with Crippen LogP contribution in [0.4, 0.5) is 8.78 Å². The van der Waals surface area contributed by atoms with E-state index in [1.54, 1.807) is 0 Å². The monoisotopic (exact) mass is 348 g/mol. The van der Waals surface area contributed by atoms with E-state index in [4.69, 9.17) is 0 Å². The summed E-state index contributed by atoms with van der Waals surface area (Å²) in [7, 11) is 0. The van der Waals surface area contributed by atoms with Crippen LogP contribution in [-0.2, 0) is 0 Å². The summed E-state index contributed by atoms with van der Waals surface area (Å²) in [4.78, 5) is 0. The first-order valence-electron chi connectivity index (χ1n) is 7.16. The summed E-state index contributed by atoms with van der Waals surface area (Å²) >= 11 is 1.16. The Bertz CT molecular complexity index is 856. The minimum Gasteiger partial charge on any atom is -0.387 e. The van der Waals surface area contributed by atoms with Crippen LogP contribution in [0, 0.1) is 18.6 Å². The fourth-order valence-electron chi connectivity index (χ4n) is 2.20. The van der Waals surface area contributed by atoms with E-state index in [1.807, 2.05) is 31.2 Å². The molecule has 0 aliphatic rings. The van der Waals surface area contributed by atoms with Gasteiger partial charge in [-0.1, -0.05) is 23.9 Å². The number of hydrogen-bond donors (Lipinski definition) is 1. The van der Waals surface area contributed by atoms with E-state index in [2.05, 4.69) is 15.5 Å². The summed E-state index contributed by atoms with van der Waals surface area (Å²) in [6.45, 7) is 1.96. The fraction of sp³-hybridized carbons (Fsp3) is 0.188. The zero-order chi connectivity index (χ0) is 17.1. The van der Waals surface area contributed by atoms with Crippen LogP contribution in [0.5, 0.6) is 0 Å². The first kappa shape index (κ1) is 16.5. The van der Waals surface area contributed by atoms with Crippen LogP contribution in [0.15, 0.2) is 47.6 Å². The van der Waals surface area contributed by atoms with E-state index in [1.165, 1.54) is 4.68 Å². The molecule has 1 aromatic heterocycles. The van der Waals surface area contributed by atoms with Crippen LogP contribution < -0.4 is 0 Å². The molecule has 0 aliphatic carbocycles. The van der Waals surface area contributed by atoms with E-state index >= 15 is 0 Å². The summed E-state index contributed by atoms with van der Waals surface area (Å²) in [5.41, 5.74) is 1.76. The molecule has 0 bridgehead atoms. The minimum atomic E-state index is -1.17. The third-order valence-electron chi connectivity index (χ3n) is 3.37. The minimum absolute atomic E-state index is 0.0860. The number of thioether (sulfide) groups is 1. The second kappa shape index (κ2) is 7.06. The number of hydrogen-bond acceptors (Lipinski definition) is 5. The van der Waals surface area contributed by atoms with Gasteiger partial charge in [-0.25, -0.2) is 8.78 Å². The molecular weight excluding hydrogens is 334 g/mol. The van der Waals surface area contributed by atoms with Gasteiger partial charge in [0.25, 0.3) is 0 Å². The Labute approximate surface area is 141 Å². The number of nitrogens with zero attached hydrogens (tertiary/aromatic N) is 4. The van der Waals surface area contributed by atoms with Crippen LogP contribution in [-0.4, -0.2) is 31.1 Å². The molecule has 0 fully saturated rings. The molecule has 8 heteroatoms. The fourth-order valence-corrected chi connectivity index (χ4v) is 3.05. The zero-order valence-electron chi connectivity index (χ0n) is 12.7. The van der Waals surface area contributed by atoms with E-state index < -0.39 is 17.7 Å². The van der Waals surface area contributed by atoms with E-state index in [0.29, 0.717) is 5.16 Å². The lowest BCUT2D eigenvalue weighted by atomic mass is 10.1. The molecule has 0 aliphatic heterocycles. The second-order valence-electron chi connectivity index (χ2n) is 5.20. The Morgan fingerprint density at radius 1 is 1.21 bits per heavy atom. The molecule has 3 rings (SSSR count). The van der Waals surface area contributed by atoms with Crippen molar-refractivity contribution in [2.75, 3.05) is 5.75 Å². The van der Waals surface area contributed by atoms with Crippen molar-refractivity contribution in [1.82, 2.24) is 20.2 Å². The number of aliphatic hydroxyl groups is 1. The van der Waals surface area contributed by atoms with Gasteiger partial charge in [-0.05, 0) is 53.2 Å². The van der Waals surface area contributed by atoms with Gasteiger partial charge in [0.2, 0.25) is 5.16 Å². The normalized spacial score (nSPS) is 12.3. The van der Waals surface area contributed by atoms with Gasteiger partial charge < -0.3 is 5.11 Å². The molecule has 2 aromatic carbocycles. The number of benzene rings is 2. The Balaban J connectivity index is 1.76. The molecule has 124 valence electrons. The molecule has 0 spiro atoms. The van der Waals surface area contributed by atoms with Crippen molar-refractivity contribution in [1.29, 1.82) is 0 Å². The van der Waals surface area contributed by atoms with Crippen molar-refractivity contribution in [3.8, 4) is 5.69 Å². The van der Waals surface area contributed by atoms with E-state index in [9.17, 15) is 13.9 Å². The van der Waals surface area contributed by atoms with E-state index in [-0.39, 0.29) is 11.3 Å². The van der Waals surface area contributed by atoms with Crippen molar-refractivity contribution < 1.29 is 13.9 Å². The van der Waals surface area contributed by atoms with Crippen molar-refractivity contribution in [2.24, 2.45) is 0 Å². The molecule has 0 amide bonds. The van der Waals surface area contributed by atoms with Crippen LogP contribution >= 0.6 is 11.8 Å². The Hall–Kier alpha value is -2.32. The summed E-state index contributed by atoms with van der Waals surface area (Å²) in [5.74, 6) is -1.16. The summed E-state index contributed by atoms with van der Waals surface area (Å²) in [6.07, 6.45) is -1.17. The van der Waals surface area contributed by atoms with Gasteiger partial charge in [0.15, 0.2) is 0 Å². The number of halogens is 2. The van der Waals surface area contributed by atoms with E-state index in [0.717, 1.165) is 41.2 Å². The predicted octanol–water partition coefficient (Wildman–Crippen LogP) is 3.07. The highest BCUT2D eigenvalue weighted by atomic mass is 32.2. The van der Waals surface area contributed by atoms with Crippen molar-refractivity contribution >= 4 is 11.8 Å². The average Bonchev–Trinajstić information content (AvgIpc) is 3.03. The number of aryl methyl sites for hydroxylation is 1. The van der Waals surface area contributed by atoms with Crippen LogP contribution in [0.2, 0.25) is 0 Å². The molecule has 0 saturated heterocycles. The maximum absolute atomic E-state index is 13.7. The van der Waals surface area contributed by atoms with Gasteiger partial charge in [-0.15, -0.1) is 5.10 Å². The third kappa shape index (κ3) is 3.60. The molecule has 0 saturated carbocycles. The molecule has 1 N–H and O–H groups in total. The molecule has 1 heterocycles. The Morgan fingerprint density at radius 3 is 2.83 bits per heavy atom. The maximum Gasteiger partial charge on any atom is 0.214 e. The predicted molar refractivity (Wildman–Crippen MR) is 85.9 cm³/mol. The molecule has 5 nitrogen and oxygen atoms in total. The molecular formula is C16H14F2N4OS. The highest BCUT2D eigenvalue weighted by molar-refractivity contribution is 7.99. The Kier molecular flexibility index (Phi) is 4.86. The largest absolute Gasteiger partial charge is 0.387 e. The van der Waals surface area contributed by atoms with Gasteiger partial charge >= 0.3 is 0 Å². The first-order chi connectivity index (χ1) is 11.5. The first-order valence-corrected chi connectivity index (χ1v) is 8.14. The number of aromatic nitrogens is 4. The highest BCUT2D eigenvalue weighted by Gasteiger charge is 2.17. The SMILES string of the molecule is Cc1cccc(-n2nnnc2SCC(O)c2cc(F)ccc2F)c1. The standard InChI is InChI=1S/C16H14F2N4OS/c1-10-3-2-4-12(7-10)22-16(19-20-21-22)24-9-15(23)13-8-11(17)5-6-14(13)18/h2-8,15,23H,9H2,1H3. The summed E-state index contributed by atoms with van der Waals surface area (Å²) < 4.78 is 28.5. The highest BCUT2D eigenvalue weighted by Crippen LogP contribution is 2.26. The van der Waals surface area contributed by atoms with Gasteiger partial charge in [0.05, 0.1) is 11.8 Å². The number of tetrazole rings is 1. The Morgan fingerprint density at radius 2 is 2.04 bits per heavy atom. The molecule has 1 atom stereocenters. The van der Waals surface area contributed by atoms with Crippen molar-refractivity contribution in [3.05, 3.63) is 65.2 Å². The second-order valence-corrected chi connectivity index (χ2v) is 6.19. The lowest BCUT2D eigenvalue weighted by Gasteiger charge is -2.11. The van der Waals surface area contributed by atoms with Gasteiger partial charge in [0.1, 0.15) is 11.6 Å². The molecule has 3 aromatic rings. The maximum atomic E-state index is 13.7. The smallest absolute Gasteiger partial charge is 0.214 e. The van der Waals surface area contributed by atoms with Gasteiger partial charge in [-0.3, -0.25) is 0 Å². The van der Waals surface area contributed by atoms with Crippen LogP contribution in [0.1, 0.15) is 17.2 Å². The topological polar surface area (TPSA) is 63.8 Å². The zero-order valence-corrected chi connectivity index (χ0v) is 13.5. The number of aliphatic hydroxyl groups excluding tert-OH is 1. The van der Waals surface area contributed by atoms with Gasteiger partial charge in [-0.2, -0.15) is 4.68 Å². The van der Waals surface area contributed by atoms with Gasteiger partial charge in [0, 0.05) is 11.3 Å². The summed E-state index contributed by atoms with van der Waals surface area (Å²) in [5, 5.41) is 22.1. The summed E-state index contributed by atoms with van der Waals surface area (Å²) in [6, 6.07) is 10.6. The molecule has 0 radical (unpaired) electrons. The van der Waals surface area contributed by atoms with Crippen LogP contribution in [0.3, 0.4) is 0 Å². The molecule has 24 heavy (non-hydrogen) atoms. The van der Waals surface area contributed by atoms with Crippen LogP contribution in [0.25, 0.3) is 5.69 Å².